The molecule has 2 aliphatic heterocycles. The van der Waals surface area contributed by atoms with E-state index in [0.717, 1.165) is 29.2 Å². The van der Waals surface area contributed by atoms with Gasteiger partial charge in [0, 0.05) is 12.1 Å². The van der Waals surface area contributed by atoms with E-state index in [1.165, 1.54) is 18.2 Å². The number of hydrogen-bond donors (Lipinski definition) is 2. The largest absolute Gasteiger partial charge is 0.295 e. The zero-order valence-electron chi connectivity index (χ0n) is 15.2. The van der Waals surface area contributed by atoms with Crippen LogP contribution in [0.4, 0.5) is 10.1 Å². The molecule has 0 saturated carbocycles. The number of amides is 4. The van der Waals surface area contributed by atoms with Crippen LogP contribution < -0.4 is 10.0 Å². The lowest BCUT2D eigenvalue weighted by Crippen LogP contribution is -2.54. The summed E-state index contributed by atoms with van der Waals surface area (Å²) in [6.07, 6.45) is 0.00667. The number of imide groups is 2. The van der Waals surface area contributed by atoms with Crippen molar-refractivity contribution in [3.63, 3.8) is 0 Å². The van der Waals surface area contributed by atoms with Crippen molar-refractivity contribution in [3.8, 4) is 0 Å². The van der Waals surface area contributed by atoms with Gasteiger partial charge in [-0.05, 0) is 48.9 Å². The van der Waals surface area contributed by atoms with Crippen molar-refractivity contribution in [1.29, 1.82) is 0 Å². The molecule has 0 radical (unpaired) electrons. The van der Waals surface area contributed by atoms with Crippen molar-refractivity contribution in [2.45, 2.75) is 23.8 Å². The van der Waals surface area contributed by atoms with Crippen LogP contribution in [0.2, 0.25) is 0 Å². The number of sulfonamides is 1. The second kappa shape index (κ2) is 7.02. The number of rotatable bonds is 4. The standard InChI is InChI=1S/C19H14FN3O6S/c20-10-1-4-12(5-2-10)30(28,29)22-11-3-6-13-14(9-11)19(27)23(18(13)26)15-7-8-16(24)21-17(15)25/h1-6,9,15,22H,7-8H2,(H,21,24,25). The van der Waals surface area contributed by atoms with Crippen molar-refractivity contribution < 1.29 is 32.0 Å². The Morgan fingerprint density at radius 3 is 2.30 bits per heavy atom. The molecule has 1 unspecified atom stereocenters. The van der Waals surface area contributed by atoms with E-state index >= 15 is 0 Å². The number of nitrogens with zero attached hydrogens (tertiary/aromatic N) is 1. The molecule has 1 atom stereocenters. The van der Waals surface area contributed by atoms with Crippen molar-refractivity contribution in [2.24, 2.45) is 0 Å². The van der Waals surface area contributed by atoms with Gasteiger partial charge in [-0.1, -0.05) is 0 Å². The number of carbonyl (C=O) groups is 4. The molecular formula is C19H14FN3O6S. The molecule has 0 aliphatic carbocycles. The number of fused-ring (bicyclic) bond motifs is 1. The summed E-state index contributed by atoms with van der Waals surface area (Å²) in [4.78, 5) is 49.4. The Morgan fingerprint density at radius 2 is 1.63 bits per heavy atom. The van der Waals surface area contributed by atoms with E-state index in [4.69, 9.17) is 0 Å². The Balaban J connectivity index is 1.61. The number of nitrogens with one attached hydrogen (secondary N) is 2. The van der Waals surface area contributed by atoms with Gasteiger partial charge in [0.2, 0.25) is 11.8 Å². The first-order chi connectivity index (χ1) is 14.2. The lowest BCUT2D eigenvalue weighted by atomic mass is 10.0. The quantitative estimate of drug-likeness (QED) is 0.696. The van der Waals surface area contributed by atoms with Crippen molar-refractivity contribution >= 4 is 39.3 Å². The van der Waals surface area contributed by atoms with Crippen molar-refractivity contribution in [2.75, 3.05) is 4.72 Å². The Bertz CT molecular complexity index is 1210. The molecule has 0 spiro atoms. The van der Waals surface area contributed by atoms with E-state index in [2.05, 4.69) is 10.0 Å². The minimum atomic E-state index is -4.06. The Morgan fingerprint density at radius 1 is 0.967 bits per heavy atom. The molecule has 0 aromatic heterocycles. The number of hydrogen-bond acceptors (Lipinski definition) is 6. The Kier molecular flexibility index (Phi) is 4.61. The number of benzene rings is 2. The van der Waals surface area contributed by atoms with E-state index < -0.39 is 45.5 Å². The van der Waals surface area contributed by atoms with Crippen LogP contribution in [0, 0.1) is 5.82 Å². The maximum Gasteiger partial charge on any atom is 0.262 e. The van der Waals surface area contributed by atoms with Gasteiger partial charge in [-0.15, -0.1) is 0 Å². The lowest BCUT2D eigenvalue weighted by Gasteiger charge is -2.27. The summed E-state index contributed by atoms with van der Waals surface area (Å²) in [7, 11) is -4.06. The fourth-order valence-electron chi connectivity index (χ4n) is 3.36. The minimum absolute atomic E-state index is 0.00741. The van der Waals surface area contributed by atoms with Crippen LogP contribution in [0.25, 0.3) is 0 Å². The summed E-state index contributed by atoms with van der Waals surface area (Å²) in [5.74, 6) is -3.27. The predicted molar refractivity (Wildman–Crippen MR) is 100 cm³/mol. The van der Waals surface area contributed by atoms with Gasteiger partial charge < -0.3 is 0 Å². The summed E-state index contributed by atoms with van der Waals surface area (Å²) in [5, 5.41) is 2.10. The number of anilines is 1. The molecule has 154 valence electrons. The summed E-state index contributed by atoms with van der Waals surface area (Å²) < 4.78 is 40.2. The smallest absolute Gasteiger partial charge is 0.262 e. The summed E-state index contributed by atoms with van der Waals surface area (Å²) >= 11 is 0. The second-order valence-corrected chi connectivity index (χ2v) is 8.45. The van der Waals surface area contributed by atoms with E-state index in [9.17, 15) is 32.0 Å². The molecule has 2 aromatic carbocycles. The Hall–Kier alpha value is -3.60. The molecule has 30 heavy (non-hydrogen) atoms. The molecule has 2 aliphatic rings. The number of piperidine rings is 1. The molecule has 4 amide bonds. The molecule has 2 aromatic rings. The van der Waals surface area contributed by atoms with Crippen LogP contribution in [0.1, 0.15) is 33.6 Å². The fourth-order valence-corrected chi connectivity index (χ4v) is 4.41. The van der Waals surface area contributed by atoms with Crippen LogP contribution in [-0.4, -0.2) is 43.0 Å². The van der Waals surface area contributed by atoms with Gasteiger partial charge in [0.05, 0.1) is 16.0 Å². The Labute approximate surface area is 169 Å². The topological polar surface area (TPSA) is 130 Å². The second-order valence-electron chi connectivity index (χ2n) is 6.77. The van der Waals surface area contributed by atoms with Crippen molar-refractivity contribution in [1.82, 2.24) is 10.2 Å². The summed E-state index contributed by atoms with van der Waals surface area (Å²) in [6, 6.07) is 6.84. The zero-order chi connectivity index (χ0) is 21.6. The molecular weight excluding hydrogens is 417 g/mol. The van der Waals surface area contributed by atoms with E-state index in [1.54, 1.807) is 0 Å². The molecule has 1 fully saturated rings. The maximum atomic E-state index is 13.0. The first-order valence-electron chi connectivity index (χ1n) is 8.81. The highest BCUT2D eigenvalue weighted by atomic mass is 32.2. The number of halogens is 1. The van der Waals surface area contributed by atoms with Crippen molar-refractivity contribution in [3.05, 3.63) is 59.4 Å². The first-order valence-corrected chi connectivity index (χ1v) is 10.3. The molecule has 9 nitrogen and oxygen atoms in total. The zero-order valence-corrected chi connectivity index (χ0v) is 16.0. The van der Waals surface area contributed by atoms with E-state index in [1.807, 2.05) is 0 Å². The minimum Gasteiger partial charge on any atom is -0.295 e. The molecule has 4 rings (SSSR count). The van der Waals surface area contributed by atoms with Gasteiger partial charge in [-0.3, -0.25) is 34.1 Å². The maximum absolute atomic E-state index is 13.0. The third-order valence-corrected chi connectivity index (χ3v) is 6.21. The van der Waals surface area contributed by atoms with E-state index in [0.29, 0.717) is 0 Å². The summed E-state index contributed by atoms with van der Waals surface area (Å²) in [5.41, 5.74) is -0.0252. The van der Waals surface area contributed by atoms with E-state index in [-0.39, 0.29) is 34.6 Å². The van der Waals surface area contributed by atoms with Crippen LogP contribution in [0.5, 0.6) is 0 Å². The lowest BCUT2D eigenvalue weighted by molar-refractivity contribution is -0.136. The van der Waals surface area contributed by atoms with Gasteiger partial charge in [-0.2, -0.15) is 0 Å². The van der Waals surface area contributed by atoms with Gasteiger partial charge in [-0.25, -0.2) is 12.8 Å². The fraction of sp³-hybridized carbons (Fsp3) is 0.158. The average Bonchev–Trinajstić information content (AvgIpc) is 2.92. The van der Waals surface area contributed by atoms with Gasteiger partial charge >= 0.3 is 0 Å². The van der Waals surface area contributed by atoms with Crippen LogP contribution in [0.15, 0.2) is 47.4 Å². The molecule has 2 heterocycles. The monoisotopic (exact) mass is 431 g/mol. The van der Waals surface area contributed by atoms with Crippen LogP contribution in [0.3, 0.4) is 0 Å². The van der Waals surface area contributed by atoms with Gasteiger partial charge in [0.15, 0.2) is 0 Å². The molecule has 0 bridgehead atoms. The third-order valence-electron chi connectivity index (χ3n) is 4.82. The van der Waals surface area contributed by atoms with Gasteiger partial charge in [0.1, 0.15) is 11.9 Å². The van der Waals surface area contributed by atoms with Crippen LogP contribution in [-0.2, 0) is 19.6 Å². The van der Waals surface area contributed by atoms with Gasteiger partial charge in [0.25, 0.3) is 21.8 Å². The predicted octanol–water partition coefficient (Wildman–Crippen LogP) is 1.03. The average molecular weight is 431 g/mol. The van der Waals surface area contributed by atoms with Crippen LogP contribution >= 0.6 is 0 Å². The SMILES string of the molecule is O=C1CCC(N2C(=O)c3ccc(NS(=O)(=O)c4ccc(F)cc4)cc3C2=O)C(=O)N1. The third kappa shape index (κ3) is 3.32. The summed E-state index contributed by atoms with van der Waals surface area (Å²) in [6.45, 7) is 0. The highest BCUT2D eigenvalue weighted by molar-refractivity contribution is 7.92. The number of carbonyl (C=O) groups excluding carboxylic acids is 4. The molecule has 11 heteroatoms. The highest BCUT2D eigenvalue weighted by Gasteiger charge is 2.44. The highest BCUT2D eigenvalue weighted by Crippen LogP contribution is 2.30. The first kappa shape index (κ1) is 19.7. The normalized spacial score (nSPS) is 19.0. The molecule has 2 N–H and O–H groups in total. The molecule has 1 saturated heterocycles.